The van der Waals surface area contributed by atoms with Gasteiger partial charge >= 0.3 is 0 Å². The van der Waals surface area contributed by atoms with Gasteiger partial charge in [-0.3, -0.25) is 4.90 Å². The van der Waals surface area contributed by atoms with Crippen LogP contribution in [0, 0.1) is 0 Å². The highest BCUT2D eigenvalue weighted by Gasteiger charge is 2.37. The highest BCUT2D eigenvalue weighted by atomic mass is 16.3. The van der Waals surface area contributed by atoms with Gasteiger partial charge in [0.1, 0.15) is 17.0 Å². The summed E-state index contributed by atoms with van der Waals surface area (Å²) in [5, 5.41) is 9.30. The van der Waals surface area contributed by atoms with Gasteiger partial charge in [-0.25, -0.2) is 4.98 Å². The van der Waals surface area contributed by atoms with Crippen molar-refractivity contribution in [2.75, 3.05) is 4.90 Å². The second-order valence-corrected chi connectivity index (χ2v) is 13.2. The van der Waals surface area contributed by atoms with Gasteiger partial charge in [-0.05, 0) is 80.5 Å². The summed E-state index contributed by atoms with van der Waals surface area (Å²) in [6, 6.07) is 52.2. The standard InChI is InChI=1S/C44H30N2O/c1-44(2)34-15-7-9-17-36(34)46(37-18-10-8-16-35(37)44)40-26-33-32(43(45-40)30-20-19-27-11-3-4-13-29(27)25-30)22-24-39-42(33)41-31-14-6-5-12-28(31)21-23-38(41)47-39/h3-26H,1-2H3. The van der Waals surface area contributed by atoms with E-state index in [1.54, 1.807) is 0 Å². The Balaban J connectivity index is 1.37. The molecule has 0 spiro atoms. The lowest BCUT2D eigenvalue weighted by molar-refractivity contribution is 0.631. The molecule has 9 aromatic rings. The molecule has 47 heavy (non-hydrogen) atoms. The lowest BCUT2D eigenvalue weighted by Gasteiger charge is -2.41. The topological polar surface area (TPSA) is 29.3 Å². The highest BCUT2D eigenvalue weighted by Crippen LogP contribution is 2.52. The van der Waals surface area contributed by atoms with Crippen molar-refractivity contribution in [1.29, 1.82) is 0 Å². The molecule has 0 amide bonds. The summed E-state index contributed by atoms with van der Waals surface area (Å²) in [4.78, 5) is 7.94. The van der Waals surface area contributed by atoms with Gasteiger partial charge in [0.05, 0.1) is 17.1 Å². The lowest BCUT2D eigenvalue weighted by atomic mass is 9.73. The Morgan fingerprint density at radius 2 is 1.11 bits per heavy atom. The zero-order chi connectivity index (χ0) is 31.3. The third kappa shape index (κ3) is 3.71. The zero-order valence-corrected chi connectivity index (χ0v) is 26.2. The van der Waals surface area contributed by atoms with E-state index in [0.717, 1.165) is 61.2 Å². The fraction of sp³-hybridized carbons (Fsp3) is 0.0682. The Morgan fingerprint density at radius 3 is 1.87 bits per heavy atom. The van der Waals surface area contributed by atoms with Crippen molar-refractivity contribution in [3.05, 3.63) is 157 Å². The molecule has 0 bridgehead atoms. The van der Waals surface area contributed by atoms with Crippen molar-refractivity contribution in [3.63, 3.8) is 0 Å². The molecular formula is C44H30N2O. The van der Waals surface area contributed by atoms with Gasteiger partial charge in [-0.2, -0.15) is 0 Å². The first-order valence-corrected chi connectivity index (χ1v) is 16.2. The van der Waals surface area contributed by atoms with E-state index in [0.29, 0.717) is 0 Å². The fourth-order valence-corrected chi connectivity index (χ4v) is 7.94. The van der Waals surface area contributed by atoms with Crippen LogP contribution in [-0.4, -0.2) is 4.98 Å². The predicted octanol–water partition coefficient (Wildman–Crippen LogP) is 12.2. The minimum absolute atomic E-state index is 0.158. The molecule has 0 saturated carbocycles. The first-order valence-electron chi connectivity index (χ1n) is 16.2. The van der Waals surface area contributed by atoms with Gasteiger partial charge in [0.15, 0.2) is 0 Å². The van der Waals surface area contributed by atoms with E-state index in [2.05, 4.69) is 164 Å². The molecule has 7 aromatic carbocycles. The van der Waals surface area contributed by atoms with Crippen LogP contribution in [0.15, 0.2) is 150 Å². The molecule has 0 saturated heterocycles. The van der Waals surface area contributed by atoms with Crippen molar-refractivity contribution in [3.8, 4) is 11.3 Å². The number of para-hydroxylation sites is 2. The van der Waals surface area contributed by atoms with Crippen LogP contribution >= 0.6 is 0 Å². The zero-order valence-electron chi connectivity index (χ0n) is 26.2. The van der Waals surface area contributed by atoms with Crippen LogP contribution in [0.2, 0.25) is 0 Å². The number of nitrogens with zero attached hydrogens (tertiary/aromatic N) is 2. The first-order chi connectivity index (χ1) is 23.1. The van der Waals surface area contributed by atoms with E-state index in [-0.39, 0.29) is 5.41 Å². The average molecular weight is 603 g/mol. The van der Waals surface area contributed by atoms with E-state index >= 15 is 0 Å². The van der Waals surface area contributed by atoms with E-state index in [1.807, 2.05) is 0 Å². The molecule has 0 N–H and O–H groups in total. The third-order valence-corrected chi connectivity index (χ3v) is 10.2. The number of benzene rings is 7. The molecule has 0 radical (unpaired) electrons. The Morgan fingerprint density at radius 1 is 0.511 bits per heavy atom. The number of anilines is 3. The van der Waals surface area contributed by atoms with Crippen molar-refractivity contribution in [2.24, 2.45) is 0 Å². The van der Waals surface area contributed by atoms with Crippen molar-refractivity contribution in [2.45, 2.75) is 19.3 Å². The molecule has 0 atom stereocenters. The van der Waals surface area contributed by atoms with Gasteiger partial charge in [0.25, 0.3) is 0 Å². The normalized spacial score (nSPS) is 13.9. The molecule has 3 heterocycles. The molecule has 2 aromatic heterocycles. The van der Waals surface area contributed by atoms with Gasteiger partial charge in [0.2, 0.25) is 0 Å². The smallest absolute Gasteiger partial charge is 0.138 e. The quantitative estimate of drug-likeness (QED) is 0.197. The van der Waals surface area contributed by atoms with E-state index in [4.69, 9.17) is 9.40 Å². The number of hydrogen-bond donors (Lipinski definition) is 0. The van der Waals surface area contributed by atoms with Crippen LogP contribution < -0.4 is 4.90 Å². The molecule has 3 heteroatoms. The molecule has 0 unspecified atom stereocenters. The first kappa shape index (κ1) is 26.3. The number of hydrogen-bond acceptors (Lipinski definition) is 3. The van der Waals surface area contributed by atoms with Crippen molar-refractivity contribution in [1.82, 2.24) is 4.98 Å². The Bertz CT molecular complexity index is 2680. The number of aromatic nitrogens is 1. The number of rotatable bonds is 2. The summed E-state index contributed by atoms with van der Waals surface area (Å²) < 4.78 is 6.56. The minimum atomic E-state index is -0.158. The molecule has 1 aliphatic rings. The molecule has 1 aliphatic heterocycles. The third-order valence-electron chi connectivity index (χ3n) is 10.2. The van der Waals surface area contributed by atoms with Gasteiger partial charge < -0.3 is 4.42 Å². The number of furan rings is 1. The van der Waals surface area contributed by atoms with Crippen LogP contribution in [0.25, 0.3) is 65.5 Å². The van der Waals surface area contributed by atoms with Crippen LogP contribution in [0.3, 0.4) is 0 Å². The van der Waals surface area contributed by atoms with E-state index in [9.17, 15) is 0 Å². The minimum Gasteiger partial charge on any atom is -0.456 e. The van der Waals surface area contributed by atoms with Crippen LogP contribution in [0.5, 0.6) is 0 Å². The van der Waals surface area contributed by atoms with Crippen LogP contribution in [-0.2, 0) is 5.41 Å². The van der Waals surface area contributed by atoms with Crippen LogP contribution in [0.1, 0.15) is 25.0 Å². The number of pyridine rings is 1. The molecule has 3 nitrogen and oxygen atoms in total. The summed E-state index contributed by atoms with van der Waals surface area (Å²) in [5.41, 5.74) is 8.54. The summed E-state index contributed by atoms with van der Waals surface area (Å²) in [5.74, 6) is 0.887. The summed E-state index contributed by atoms with van der Waals surface area (Å²) >= 11 is 0. The Hall–Kier alpha value is -5.93. The molecule has 0 fully saturated rings. The molecule has 222 valence electrons. The SMILES string of the molecule is CC1(C)c2ccccc2N(c2cc3c(ccc4oc5ccc6ccccc6c5c43)c(-c3ccc4ccccc4c3)n2)c2ccccc21. The summed E-state index contributed by atoms with van der Waals surface area (Å²) in [6.45, 7) is 4.64. The van der Waals surface area contributed by atoms with Crippen molar-refractivity contribution < 1.29 is 4.42 Å². The summed E-state index contributed by atoms with van der Waals surface area (Å²) in [6.07, 6.45) is 0. The second kappa shape index (κ2) is 9.54. The largest absolute Gasteiger partial charge is 0.456 e. The van der Waals surface area contributed by atoms with E-state index < -0.39 is 0 Å². The lowest BCUT2D eigenvalue weighted by Crippen LogP contribution is -2.30. The Kier molecular flexibility index (Phi) is 5.34. The average Bonchev–Trinajstić information content (AvgIpc) is 3.51. The maximum absolute atomic E-state index is 6.56. The maximum Gasteiger partial charge on any atom is 0.138 e. The van der Waals surface area contributed by atoms with Crippen LogP contribution in [0.4, 0.5) is 17.2 Å². The van der Waals surface area contributed by atoms with Gasteiger partial charge in [-0.1, -0.05) is 117 Å². The monoisotopic (exact) mass is 602 g/mol. The second-order valence-electron chi connectivity index (χ2n) is 13.2. The molecular weight excluding hydrogens is 572 g/mol. The number of fused-ring (bicyclic) bond motifs is 10. The Labute approximate surface area is 272 Å². The summed E-state index contributed by atoms with van der Waals surface area (Å²) in [7, 11) is 0. The fourth-order valence-electron chi connectivity index (χ4n) is 7.94. The van der Waals surface area contributed by atoms with Crippen molar-refractivity contribution >= 4 is 71.4 Å². The molecule has 0 aliphatic carbocycles. The predicted molar refractivity (Wildman–Crippen MR) is 196 cm³/mol. The molecule has 10 rings (SSSR count). The maximum atomic E-state index is 6.56. The van der Waals surface area contributed by atoms with Gasteiger partial charge in [0, 0.05) is 27.1 Å². The van der Waals surface area contributed by atoms with E-state index in [1.165, 1.54) is 32.7 Å². The highest BCUT2D eigenvalue weighted by molar-refractivity contribution is 6.27. The van der Waals surface area contributed by atoms with Gasteiger partial charge in [-0.15, -0.1) is 0 Å².